The second-order valence-corrected chi connectivity index (χ2v) is 2.28. The van der Waals surface area contributed by atoms with E-state index in [9.17, 15) is 0 Å². The van der Waals surface area contributed by atoms with Crippen LogP contribution < -0.4 is 0 Å². The van der Waals surface area contributed by atoms with E-state index in [2.05, 4.69) is 25.5 Å². The van der Waals surface area contributed by atoms with Crippen LogP contribution in [-0.4, -0.2) is 35.3 Å². The number of nitrogens with zero attached hydrogens (tertiary/aromatic N) is 6. The maximum atomic E-state index is 8.71. The molecular formula is C6H6N6O. The van der Waals surface area contributed by atoms with Crippen molar-refractivity contribution >= 4 is 0 Å². The van der Waals surface area contributed by atoms with Crippen molar-refractivity contribution in [2.75, 3.05) is 0 Å². The van der Waals surface area contributed by atoms with Crippen molar-refractivity contribution in [2.45, 2.75) is 6.61 Å². The Kier molecular flexibility index (Phi) is 1.93. The Balaban J connectivity index is 2.33. The van der Waals surface area contributed by atoms with E-state index in [0.717, 1.165) is 0 Å². The molecule has 1 N–H and O–H groups in total. The molecule has 2 aromatic rings. The number of aliphatic hydroxyl groups is 1. The summed E-state index contributed by atoms with van der Waals surface area (Å²) < 4.78 is 1.38. The van der Waals surface area contributed by atoms with E-state index >= 15 is 0 Å². The van der Waals surface area contributed by atoms with Gasteiger partial charge in [-0.1, -0.05) is 0 Å². The molecule has 0 radical (unpaired) electrons. The molecule has 0 spiro atoms. The lowest BCUT2D eigenvalue weighted by Gasteiger charge is -1.97. The van der Waals surface area contributed by atoms with Gasteiger partial charge in [0.2, 0.25) is 0 Å². The molecule has 0 aliphatic heterocycles. The van der Waals surface area contributed by atoms with E-state index < -0.39 is 0 Å². The Labute approximate surface area is 73.1 Å². The van der Waals surface area contributed by atoms with E-state index in [1.807, 2.05) is 0 Å². The summed E-state index contributed by atoms with van der Waals surface area (Å²) in [6.07, 6.45) is 4.38. The van der Waals surface area contributed by atoms with Gasteiger partial charge in [-0.3, -0.25) is 4.98 Å². The predicted molar refractivity (Wildman–Crippen MR) is 40.7 cm³/mol. The fourth-order valence-electron chi connectivity index (χ4n) is 0.814. The minimum atomic E-state index is -0.122. The standard InChI is InChI=1S/C6H6N6O/c13-3-5-1-8-6(2-7-5)12-4-9-10-11-12/h1-2,4,13H,3H2. The highest BCUT2D eigenvalue weighted by Crippen LogP contribution is 1.98. The van der Waals surface area contributed by atoms with Crippen LogP contribution in [-0.2, 0) is 6.61 Å². The van der Waals surface area contributed by atoms with E-state index in [4.69, 9.17) is 5.11 Å². The monoisotopic (exact) mass is 178 g/mol. The molecule has 7 heteroatoms. The highest BCUT2D eigenvalue weighted by Gasteiger charge is 1.99. The second kappa shape index (κ2) is 3.23. The first-order valence-corrected chi connectivity index (χ1v) is 3.55. The molecule has 2 rings (SSSR count). The molecule has 13 heavy (non-hydrogen) atoms. The number of hydrogen-bond acceptors (Lipinski definition) is 6. The normalized spacial score (nSPS) is 10.2. The van der Waals surface area contributed by atoms with Crippen LogP contribution in [0.3, 0.4) is 0 Å². The molecule has 0 unspecified atom stereocenters. The lowest BCUT2D eigenvalue weighted by Crippen LogP contribution is -2.01. The molecule has 0 aliphatic carbocycles. The summed E-state index contributed by atoms with van der Waals surface area (Å²) in [6.45, 7) is -0.122. The third-order valence-electron chi connectivity index (χ3n) is 1.44. The van der Waals surface area contributed by atoms with Crippen molar-refractivity contribution in [1.29, 1.82) is 0 Å². The van der Waals surface area contributed by atoms with Gasteiger partial charge in [-0.2, -0.15) is 4.68 Å². The first-order valence-electron chi connectivity index (χ1n) is 3.55. The zero-order valence-corrected chi connectivity index (χ0v) is 6.57. The minimum Gasteiger partial charge on any atom is -0.390 e. The van der Waals surface area contributed by atoms with Crippen molar-refractivity contribution in [3.8, 4) is 5.82 Å². The summed E-state index contributed by atoms with van der Waals surface area (Å²) in [5.41, 5.74) is 0.511. The molecule has 0 aromatic carbocycles. The maximum Gasteiger partial charge on any atom is 0.175 e. The summed E-state index contributed by atoms with van der Waals surface area (Å²) in [6, 6.07) is 0. The molecule has 0 saturated heterocycles. The molecule has 2 aromatic heterocycles. The average Bonchev–Trinajstić information content (AvgIpc) is 2.71. The minimum absolute atomic E-state index is 0.122. The smallest absolute Gasteiger partial charge is 0.175 e. The Morgan fingerprint density at radius 1 is 1.31 bits per heavy atom. The van der Waals surface area contributed by atoms with Gasteiger partial charge in [-0.25, -0.2) is 4.98 Å². The zero-order valence-electron chi connectivity index (χ0n) is 6.57. The number of aliphatic hydroxyl groups excluding tert-OH is 1. The van der Waals surface area contributed by atoms with E-state index in [1.54, 1.807) is 0 Å². The van der Waals surface area contributed by atoms with Crippen molar-refractivity contribution in [3.05, 3.63) is 24.4 Å². The van der Waals surface area contributed by atoms with Crippen LogP contribution in [0.2, 0.25) is 0 Å². The van der Waals surface area contributed by atoms with Gasteiger partial charge in [0.1, 0.15) is 6.33 Å². The third kappa shape index (κ3) is 1.49. The number of rotatable bonds is 2. The van der Waals surface area contributed by atoms with Gasteiger partial charge < -0.3 is 5.11 Å². The second-order valence-electron chi connectivity index (χ2n) is 2.28. The molecule has 7 nitrogen and oxygen atoms in total. The van der Waals surface area contributed by atoms with Crippen LogP contribution in [0.25, 0.3) is 5.82 Å². The van der Waals surface area contributed by atoms with Gasteiger partial charge in [-0.15, -0.1) is 5.10 Å². The highest BCUT2D eigenvalue weighted by molar-refractivity contribution is 5.15. The van der Waals surface area contributed by atoms with Gasteiger partial charge in [0.25, 0.3) is 0 Å². The number of aromatic nitrogens is 6. The number of tetrazole rings is 1. The molecule has 0 fully saturated rings. The predicted octanol–water partition coefficient (Wildman–Crippen LogP) is -1.06. The van der Waals surface area contributed by atoms with Gasteiger partial charge in [0, 0.05) is 0 Å². The fraction of sp³-hybridized carbons (Fsp3) is 0.167. The Hall–Kier alpha value is -1.89. The van der Waals surface area contributed by atoms with E-state index in [1.165, 1.54) is 23.4 Å². The largest absolute Gasteiger partial charge is 0.390 e. The molecule has 0 aliphatic rings. The van der Waals surface area contributed by atoms with E-state index in [-0.39, 0.29) is 6.61 Å². The summed E-state index contributed by atoms with van der Waals surface area (Å²) in [5, 5.41) is 19.3. The van der Waals surface area contributed by atoms with Gasteiger partial charge in [-0.05, 0) is 10.4 Å². The molecular weight excluding hydrogens is 172 g/mol. The first kappa shape index (κ1) is 7.74. The van der Waals surface area contributed by atoms with Crippen LogP contribution in [0, 0.1) is 0 Å². The van der Waals surface area contributed by atoms with Crippen molar-refractivity contribution < 1.29 is 5.11 Å². The van der Waals surface area contributed by atoms with Crippen molar-refractivity contribution in [1.82, 2.24) is 30.2 Å². The summed E-state index contributed by atoms with van der Waals surface area (Å²) in [7, 11) is 0. The average molecular weight is 178 g/mol. The maximum absolute atomic E-state index is 8.71. The summed E-state index contributed by atoms with van der Waals surface area (Å²) in [5.74, 6) is 0.516. The van der Waals surface area contributed by atoms with Crippen LogP contribution >= 0.6 is 0 Å². The molecule has 0 saturated carbocycles. The first-order chi connectivity index (χ1) is 6.40. The van der Waals surface area contributed by atoms with Crippen LogP contribution in [0.5, 0.6) is 0 Å². The zero-order chi connectivity index (χ0) is 9.10. The van der Waals surface area contributed by atoms with Crippen LogP contribution in [0.1, 0.15) is 5.69 Å². The molecule has 0 bridgehead atoms. The molecule has 0 amide bonds. The molecule has 0 atom stereocenters. The van der Waals surface area contributed by atoms with Gasteiger partial charge >= 0.3 is 0 Å². The van der Waals surface area contributed by atoms with Gasteiger partial charge in [0.05, 0.1) is 24.7 Å². The third-order valence-corrected chi connectivity index (χ3v) is 1.44. The Morgan fingerprint density at radius 2 is 2.23 bits per heavy atom. The molecule has 2 heterocycles. The van der Waals surface area contributed by atoms with Crippen molar-refractivity contribution in [2.24, 2.45) is 0 Å². The van der Waals surface area contributed by atoms with Gasteiger partial charge in [0.15, 0.2) is 5.82 Å². The molecule has 66 valence electrons. The fourth-order valence-corrected chi connectivity index (χ4v) is 0.814. The Bertz CT molecular complexity index is 369. The number of hydrogen-bond donors (Lipinski definition) is 1. The lowest BCUT2D eigenvalue weighted by atomic mass is 10.5. The summed E-state index contributed by atoms with van der Waals surface area (Å²) in [4.78, 5) is 7.91. The lowest BCUT2D eigenvalue weighted by molar-refractivity contribution is 0.276. The van der Waals surface area contributed by atoms with E-state index in [0.29, 0.717) is 11.5 Å². The van der Waals surface area contributed by atoms with Crippen molar-refractivity contribution in [3.63, 3.8) is 0 Å². The Morgan fingerprint density at radius 3 is 2.77 bits per heavy atom. The highest BCUT2D eigenvalue weighted by atomic mass is 16.3. The topological polar surface area (TPSA) is 89.6 Å². The van der Waals surface area contributed by atoms with Crippen LogP contribution in [0.4, 0.5) is 0 Å². The van der Waals surface area contributed by atoms with Crippen LogP contribution in [0.15, 0.2) is 18.7 Å². The SMILES string of the molecule is OCc1cnc(-n2cnnn2)cn1. The quantitative estimate of drug-likeness (QED) is 0.630. The summed E-state index contributed by atoms with van der Waals surface area (Å²) >= 11 is 0.